The van der Waals surface area contributed by atoms with Gasteiger partial charge in [0, 0.05) is 74.8 Å². The minimum atomic E-state index is -1.09. The van der Waals surface area contributed by atoms with Crippen LogP contribution in [-0.4, -0.2) is 69.0 Å². The lowest BCUT2D eigenvalue weighted by Gasteiger charge is -2.34. The van der Waals surface area contributed by atoms with Crippen molar-refractivity contribution in [2.75, 3.05) is 39.1 Å². The van der Waals surface area contributed by atoms with Crippen LogP contribution in [0.15, 0.2) is 18.2 Å². The van der Waals surface area contributed by atoms with E-state index in [1.165, 1.54) is 17.7 Å². The number of carbonyl (C=O) groups is 1. The number of unbranched alkanes of at least 4 members (excludes halogenated alkanes) is 1. The number of carbonyl (C=O) groups excluding carboxylic acids is 1. The standard InChI is InChI=1S/C25H37N3O3S.C2H6/c1-4-6-13-26(3)25(29)19-9-10-23-21(17-19)22-18-27(20-8-7-15-31-16-12-20)14-11-24(22)28(23)32(30)5-2;1-2/h9-10,17,20H,4-8,11-16,18H2,1-3H3;1-2H3. The lowest BCUT2D eigenvalue weighted by Crippen LogP contribution is -2.39. The van der Waals surface area contributed by atoms with E-state index in [1.807, 2.05) is 54.9 Å². The van der Waals surface area contributed by atoms with Crippen molar-refractivity contribution < 1.29 is 13.7 Å². The molecule has 0 radical (unpaired) electrons. The third kappa shape index (κ3) is 5.74. The maximum Gasteiger partial charge on any atom is 0.253 e. The number of hydrogen-bond acceptors (Lipinski definition) is 4. The number of nitrogens with zero attached hydrogens (tertiary/aromatic N) is 3. The fourth-order valence-electron chi connectivity index (χ4n) is 5.11. The van der Waals surface area contributed by atoms with Crippen LogP contribution in [0.1, 0.15) is 81.4 Å². The molecule has 2 aliphatic heterocycles. The van der Waals surface area contributed by atoms with Crippen LogP contribution in [0, 0.1) is 0 Å². The topological polar surface area (TPSA) is 54.8 Å². The zero-order valence-electron chi connectivity index (χ0n) is 21.8. The van der Waals surface area contributed by atoms with E-state index in [1.54, 1.807) is 0 Å². The van der Waals surface area contributed by atoms with Crippen molar-refractivity contribution in [3.05, 3.63) is 35.0 Å². The molecule has 1 amide bonds. The summed E-state index contributed by atoms with van der Waals surface area (Å²) in [6.07, 6.45) is 6.32. The van der Waals surface area contributed by atoms with Crippen molar-refractivity contribution in [1.82, 2.24) is 13.8 Å². The van der Waals surface area contributed by atoms with E-state index in [4.69, 9.17) is 4.74 Å². The number of fused-ring (bicyclic) bond motifs is 3. The smallest absolute Gasteiger partial charge is 0.253 e. The van der Waals surface area contributed by atoms with E-state index in [0.29, 0.717) is 11.8 Å². The highest BCUT2D eigenvalue weighted by molar-refractivity contribution is 7.83. The molecule has 190 valence electrons. The summed E-state index contributed by atoms with van der Waals surface area (Å²) in [5.41, 5.74) is 4.15. The number of ether oxygens (including phenoxy) is 1. The maximum atomic E-state index is 13.0. The summed E-state index contributed by atoms with van der Waals surface area (Å²) in [5, 5.41) is 1.09. The van der Waals surface area contributed by atoms with Crippen LogP contribution >= 0.6 is 0 Å². The van der Waals surface area contributed by atoms with E-state index in [2.05, 4.69) is 11.8 Å². The molecule has 1 saturated heterocycles. The molecule has 0 spiro atoms. The Labute approximate surface area is 208 Å². The molecule has 1 aromatic carbocycles. The number of aromatic nitrogens is 1. The largest absolute Gasteiger partial charge is 0.381 e. The van der Waals surface area contributed by atoms with Gasteiger partial charge in [-0.05, 0) is 49.4 Å². The van der Waals surface area contributed by atoms with Crippen LogP contribution in [0.2, 0.25) is 0 Å². The molecule has 2 unspecified atom stereocenters. The molecular weight excluding hydrogens is 446 g/mol. The van der Waals surface area contributed by atoms with Crippen LogP contribution in [0.25, 0.3) is 10.9 Å². The Balaban J connectivity index is 0.00000158. The first-order chi connectivity index (χ1) is 16.5. The molecule has 0 saturated carbocycles. The van der Waals surface area contributed by atoms with Crippen molar-refractivity contribution in [1.29, 1.82) is 0 Å². The average molecular weight is 490 g/mol. The number of hydrogen-bond donors (Lipinski definition) is 0. The molecule has 1 fully saturated rings. The molecular formula is C27H43N3O3S. The maximum absolute atomic E-state index is 13.0. The second-order valence-corrected chi connectivity index (χ2v) is 10.6. The summed E-state index contributed by atoms with van der Waals surface area (Å²) in [5.74, 6) is 0.646. The van der Waals surface area contributed by atoms with Crippen LogP contribution in [-0.2, 0) is 28.7 Å². The number of benzene rings is 1. The summed E-state index contributed by atoms with van der Waals surface area (Å²) in [7, 11) is 0.790. The van der Waals surface area contributed by atoms with Crippen molar-refractivity contribution in [3.8, 4) is 0 Å². The van der Waals surface area contributed by atoms with Crippen molar-refractivity contribution >= 4 is 27.8 Å². The lowest BCUT2D eigenvalue weighted by molar-refractivity contribution is 0.0793. The predicted molar refractivity (Wildman–Crippen MR) is 142 cm³/mol. The lowest BCUT2D eigenvalue weighted by atomic mass is 9.99. The fraction of sp³-hybridized carbons (Fsp3) is 0.667. The number of rotatable bonds is 7. The van der Waals surface area contributed by atoms with E-state index >= 15 is 0 Å². The zero-order valence-corrected chi connectivity index (χ0v) is 22.6. The summed E-state index contributed by atoms with van der Waals surface area (Å²) in [6, 6.07) is 6.49. The Bertz CT molecular complexity index is 979. The van der Waals surface area contributed by atoms with E-state index in [-0.39, 0.29) is 5.91 Å². The van der Waals surface area contributed by atoms with Gasteiger partial charge in [-0.3, -0.25) is 13.7 Å². The fourth-order valence-corrected chi connectivity index (χ4v) is 6.20. The molecule has 4 rings (SSSR count). The van der Waals surface area contributed by atoms with E-state index in [9.17, 15) is 9.00 Å². The van der Waals surface area contributed by atoms with Gasteiger partial charge in [0.15, 0.2) is 0 Å². The molecule has 3 heterocycles. The van der Waals surface area contributed by atoms with E-state index in [0.717, 1.165) is 81.4 Å². The Morgan fingerprint density at radius 1 is 1.21 bits per heavy atom. The molecule has 0 N–H and O–H groups in total. The van der Waals surface area contributed by atoms with Gasteiger partial charge in [0.25, 0.3) is 5.91 Å². The Morgan fingerprint density at radius 3 is 2.74 bits per heavy atom. The van der Waals surface area contributed by atoms with Gasteiger partial charge in [-0.1, -0.05) is 34.1 Å². The van der Waals surface area contributed by atoms with Gasteiger partial charge in [-0.2, -0.15) is 0 Å². The second kappa shape index (κ2) is 12.8. The highest BCUT2D eigenvalue weighted by Gasteiger charge is 2.30. The van der Waals surface area contributed by atoms with Gasteiger partial charge >= 0.3 is 0 Å². The molecule has 0 aliphatic carbocycles. The quantitative estimate of drug-likeness (QED) is 0.549. The first kappa shape index (κ1) is 26.9. The minimum absolute atomic E-state index is 0.0621. The normalized spacial score (nSPS) is 19.6. The SMILES string of the molecule is CC.CCCCN(C)C(=O)c1ccc2c(c1)c1c(n2S(=O)CC)CCN(C2CCCOCC2)C1. The summed E-state index contributed by atoms with van der Waals surface area (Å²) < 4.78 is 20.7. The molecule has 6 nitrogen and oxygen atoms in total. The summed E-state index contributed by atoms with van der Waals surface area (Å²) in [4.78, 5) is 17.4. The number of amides is 1. The Kier molecular flexibility index (Phi) is 10.2. The highest BCUT2D eigenvalue weighted by Crippen LogP contribution is 2.34. The zero-order chi connectivity index (χ0) is 24.7. The predicted octanol–water partition coefficient (Wildman–Crippen LogP) is 5.00. The Morgan fingerprint density at radius 2 is 2.00 bits per heavy atom. The first-order valence-electron chi connectivity index (χ1n) is 13.2. The van der Waals surface area contributed by atoms with Crippen LogP contribution in [0.3, 0.4) is 0 Å². The molecule has 7 heteroatoms. The monoisotopic (exact) mass is 489 g/mol. The van der Waals surface area contributed by atoms with E-state index < -0.39 is 11.0 Å². The van der Waals surface area contributed by atoms with Gasteiger partial charge in [-0.15, -0.1) is 0 Å². The van der Waals surface area contributed by atoms with Gasteiger partial charge in [0.2, 0.25) is 0 Å². The molecule has 0 bridgehead atoms. The minimum Gasteiger partial charge on any atom is -0.381 e. The van der Waals surface area contributed by atoms with Gasteiger partial charge < -0.3 is 9.64 Å². The van der Waals surface area contributed by atoms with Gasteiger partial charge in [-0.25, -0.2) is 4.21 Å². The van der Waals surface area contributed by atoms with Crippen molar-refractivity contribution in [3.63, 3.8) is 0 Å². The van der Waals surface area contributed by atoms with Crippen molar-refractivity contribution in [2.45, 2.75) is 78.8 Å². The molecule has 2 aliphatic rings. The Hall–Kier alpha value is -1.70. The molecule has 2 atom stereocenters. The van der Waals surface area contributed by atoms with Crippen LogP contribution in [0.5, 0.6) is 0 Å². The second-order valence-electron chi connectivity index (χ2n) is 9.06. The van der Waals surface area contributed by atoms with Gasteiger partial charge in [0.05, 0.1) is 5.52 Å². The summed E-state index contributed by atoms with van der Waals surface area (Å²) >= 11 is 0. The van der Waals surface area contributed by atoms with Crippen molar-refractivity contribution in [2.24, 2.45) is 0 Å². The average Bonchev–Trinajstić information content (AvgIpc) is 3.01. The van der Waals surface area contributed by atoms with Gasteiger partial charge in [0.1, 0.15) is 11.0 Å². The highest BCUT2D eigenvalue weighted by atomic mass is 32.2. The molecule has 34 heavy (non-hydrogen) atoms. The van der Waals surface area contributed by atoms with Crippen LogP contribution in [0.4, 0.5) is 0 Å². The van der Waals surface area contributed by atoms with Crippen LogP contribution < -0.4 is 0 Å². The third-order valence-electron chi connectivity index (χ3n) is 6.96. The first-order valence-corrected chi connectivity index (χ1v) is 14.4. The summed E-state index contributed by atoms with van der Waals surface area (Å²) in [6.45, 7) is 12.4. The molecule has 2 aromatic rings. The third-order valence-corrected chi connectivity index (χ3v) is 8.28. The molecule has 1 aromatic heterocycles.